The summed E-state index contributed by atoms with van der Waals surface area (Å²) in [6.07, 6.45) is 5.05. The van der Waals surface area contributed by atoms with E-state index in [4.69, 9.17) is 5.73 Å². The molecule has 1 saturated carbocycles. The van der Waals surface area contributed by atoms with E-state index in [0.717, 1.165) is 12.3 Å². The molecule has 0 amide bonds. The number of rotatable bonds is 4. The number of nitrogens with two attached hydrogens (primary N) is 1. The molecule has 1 unspecified atom stereocenters. The van der Waals surface area contributed by atoms with Crippen molar-refractivity contribution in [2.24, 2.45) is 5.73 Å². The summed E-state index contributed by atoms with van der Waals surface area (Å²) >= 11 is 0. The van der Waals surface area contributed by atoms with Crippen molar-refractivity contribution in [3.8, 4) is 11.1 Å². The van der Waals surface area contributed by atoms with Gasteiger partial charge in [0, 0.05) is 6.04 Å². The third kappa shape index (κ3) is 2.94. The van der Waals surface area contributed by atoms with Gasteiger partial charge in [0.05, 0.1) is 0 Å². The van der Waals surface area contributed by atoms with E-state index in [9.17, 15) is 0 Å². The van der Waals surface area contributed by atoms with Gasteiger partial charge < -0.3 is 5.73 Å². The molecule has 20 heavy (non-hydrogen) atoms. The van der Waals surface area contributed by atoms with Gasteiger partial charge in [0.1, 0.15) is 0 Å². The van der Waals surface area contributed by atoms with Crippen molar-refractivity contribution in [3.05, 3.63) is 59.7 Å². The molecule has 0 aromatic heterocycles. The Balaban J connectivity index is 1.81. The molecular formula is C19H23N. The number of benzene rings is 2. The zero-order valence-electron chi connectivity index (χ0n) is 12.2. The standard InChI is InChI=1S/C19H23N/c1-14(20)12-15-8-10-17(11-9-15)19-7-3-6-18(13-19)16-4-2-5-16/h3,6-11,13-14,16H,2,4-5,12,20H2,1H3. The molecule has 1 aliphatic rings. The number of hydrogen-bond donors (Lipinski definition) is 1. The maximum atomic E-state index is 5.85. The molecule has 3 rings (SSSR count). The minimum Gasteiger partial charge on any atom is -0.328 e. The van der Waals surface area contributed by atoms with Crippen molar-refractivity contribution < 1.29 is 0 Å². The second-order valence-electron chi connectivity index (χ2n) is 6.13. The lowest BCUT2D eigenvalue weighted by atomic mass is 9.79. The molecule has 2 aromatic rings. The first-order chi connectivity index (χ1) is 9.72. The van der Waals surface area contributed by atoms with Crippen LogP contribution in [0.1, 0.15) is 43.2 Å². The Labute approximate surface area is 121 Å². The van der Waals surface area contributed by atoms with Gasteiger partial charge in [0.15, 0.2) is 0 Å². The molecule has 2 aromatic carbocycles. The predicted molar refractivity (Wildman–Crippen MR) is 85.8 cm³/mol. The van der Waals surface area contributed by atoms with E-state index in [-0.39, 0.29) is 6.04 Å². The summed E-state index contributed by atoms with van der Waals surface area (Å²) in [6, 6.07) is 18.1. The Morgan fingerprint density at radius 1 is 1.05 bits per heavy atom. The molecule has 0 aliphatic heterocycles. The molecule has 1 atom stereocenters. The van der Waals surface area contributed by atoms with Gasteiger partial charge in [0.2, 0.25) is 0 Å². The van der Waals surface area contributed by atoms with Crippen LogP contribution < -0.4 is 5.73 Å². The van der Waals surface area contributed by atoms with Crippen molar-refractivity contribution in [1.29, 1.82) is 0 Å². The maximum absolute atomic E-state index is 5.85. The third-order valence-corrected chi connectivity index (χ3v) is 4.31. The molecule has 0 saturated heterocycles. The van der Waals surface area contributed by atoms with Crippen LogP contribution in [-0.4, -0.2) is 6.04 Å². The summed E-state index contributed by atoms with van der Waals surface area (Å²) in [5.74, 6) is 0.798. The molecule has 104 valence electrons. The minimum atomic E-state index is 0.225. The van der Waals surface area contributed by atoms with Gasteiger partial charge in [-0.3, -0.25) is 0 Å². The van der Waals surface area contributed by atoms with Gasteiger partial charge in [-0.1, -0.05) is 55.0 Å². The fraction of sp³-hybridized carbons (Fsp3) is 0.368. The van der Waals surface area contributed by atoms with E-state index in [1.165, 1.54) is 41.5 Å². The van der Waals surface area contributed by atoms with Gasteiger partial charge in [-0.15, -0.1) is 0 Å². The van der Waals surface area contributed by atoms with E-state index in [1.807, 2.05) is 0 Å². The van der Waals surface area contributed by atoms with E-state index >= 15 is 0 Å². The first-order valence-corrected chi connectivity index (χ1v) is 7.67. The predicted octanol–water partition coefficient (Wildman–Crippen LogP) is 4.51. The van der Waals surface area contributed by atoms with Crippen molar-refractivity contribution in [2.75, 3.05) is 0 Å². The molecule has 1 fully saturated rings. The molecule has 0 spiro atoms. The first-order valence-electron chi connectivity index (χ1n) is 7.67. The Kier molecular flexibility index (Phi) is 3.88. The summed E-state index contributed by atoms with van der Waals surface area (Å²) in [7, 11) is 0. The Morgan fingerprint density at radius 2 is 1.80 bits per heavy atom. The average molecular weight is 265 g/mol. The van der Waals surface area contributed by atoms with Crippen molar-refractivity contribution >= 4 is 0 Å². The van der Waals surface area contributed by atoms with E-state index in [1.54, 1.807) is 0 Å². The average Bonchev–Trinajstić information content (AvgIpc) is 2.37. The summed E-state index contributed by atoms with van der Waals surface area (Å²) in [5.41, 5.74) is 11.3. The van der Waals surface area contributed by atoms with Gasteiger partial charge in [0.25, 0.3) is 0 Å². The highest BCUT2D eigenvalue weighted by Gasteiger charge is 2.19. The fourth-order valence-electron chi connectivity index (χ4n) is 2.92. The van der Waals surface area contributed by atoms with Crippen LogP contribution in [0.2, 0.25) is 0 Å². The monoisotopic (exact) mass is 265 g/mol. The molecule has 1 heteroatoms. The topological polar surface area (TPSA) is 26.0 Å². The normalized spacial score (nSPS) is 16.7. The van der Waals surface area contributed by atoms with E-state index < -0.39 is 0 Å². The van der Waals surface area contributed by atoms with E-state index in [2.05, 4.69) is 55.5 Å². The zero-order valence-corrected chi connectivity index (χ0v) is 12.2. The largest absolute Gasteiger partial charge is 0.328 e. The highest BCUT2D eigenvalue weighted by Crippen LogP contribution is 2.37. The van der Waals surface area contributed by atoms with Crippen LogP contribution in [0.25, 0.3) is 11.1 Å². The van der Waals surface area contributed by atoms with E-state index in [0.29, 0.717) is 0 Å². The highest BCUT2D eigenvalue weighted by atomic mass is 14.6. The Bertz CT molecular complexity index is 565. The third-order valence-electron chi connectivity index (χ3n) is 4.31. The van der Waals surface area contributed by atoms with Crippen LogP contribution in [0.4, 0.5) is 0 Å². The van der Waals surface area contributed by atoms with Gasteiger partial charge >= 0.3 is 0 Å². The Morgan fingerprint density at radius 3 is 2.40 bits per heavy atom. The van der Waals surface area contributed by atoms with Crippen molar-refractivity contribution in [2.45, 2.75) is 44.6 Å². The quantitative estimate of drug-likeness (QED) is 0.864. The summed E-state index contributed by atoms with van der Waals surface area (Å²) in [5, 5.41) is 0. The molecule has 1 aliphatic carbocycles. The van der Waals surface area contributed by atoms with Gasteiger partial charge in [-0.2, -0.15) is 0 Å². The smallest absolute Gasteiger partial charge is 0.00509 e. The first kappa shape index (κ1) is 13.4. The molecular weight excluding hydrogens is 242 g/mol. The molecule has 0 heterocycles. The lowest BCUT2D eigenvalue weighted by Gasteiger charge is -2.26. The Hall–Kier alpha value is -1.60. The minimum absolute atomic E-state index is 0.225. The molecule has 0 bridgehead atoms. The summed E-state index contributed by atoms with van der Waals surface area (Å²) in [6.45, 7) is 2.05. The number of hydrogen-bond acceptors (Lipinski definition) is 1. The SMILES string of the molecule is CC(N)Cc1ccc(-c2cccc(C3CCC3)c2)cc1. The van der Waals surface area contributed by atoms with Crippen molar-refractivity contribution in [3.63, 3.8) is 0 Å². The maximum Gasteiger partial charge on any atom is 0.00509 e. The van der Waals surface area contributed by atoms with Gasteiger partial charge in [-0.25, -0.2) is 0 Å². The second-order valence-corrected chi connectivity index (χ2v) is 6.13. The van der Waals surface area contributed by atoms with Crippen LogP contribution in [0.5, 0.6) is 0 Å². The van der Waals surface area contributed by atoms with Crippen LogP contribution in [0.15, 0.2) is 48.5 Å². The summed E-state index contributed by atoms with van der Waals surface area (Å²) < 4.78 is 0. The zero-order chi connectivity index (χ0) is 13.9. The molecule has 1 nitrogen and oxygen atoms in total. The van der Waals surface area contributed by atoms with Crippen molar-refractivity contribution in [1.82, 2.24) is 0 Å². The van der Waals surface area contributed by atoms with Gasteiger partial charge in [-0.05, 0) is 54.4 Å². The molecule has 0 radical (unpaired) electrons. The van der Waals surface area contributed by atoms with Crippen LogP contribution >= 0.6 is 0 Å². The van der Waals surface area contributed by atoms with Crippen LogP contribution in [-0.2, 0) is 6.42 Å². The summed E-state index contributed by atoms with van der Waals surface area (Å²) in [4.78, 5) is 0. The van der Waals surface area contributed by atoms with Crippen LogP contribution in [0, 0.1) is 0 Å². The fourth-order valence-corrected chi connectivity index (χ4v) is 2.92. The lowest BCUT2D eigenvalue weighted by Crippen LogP contribution is -2.17. The highest BCUT2D eigenvalue weighted by molar-refractivity contribution is 5.64. The molecule has 2 N–H and O–H groups in total. The lowest BCUT2D eigenvalue weighted by molar-refractivity contribution is 0.420. The van der Waals surface area contributed by atoms with Crippen LogP contribution in [0.3, 0.4) is 0 Å². The second kappa shape index (κ2) is 5.80.